The van der Waals surface area contributed by atoms with E-state index >= 15 is 0 Å². The number of carbonyl (C=O) groups excluding carboxylic acids is 1. The van der Waals surface area contributed by atoms with Crippen LogP contribution in [0.4, 0.5) is 8.78 Å². The molecule has 0 aliphatic carbocycles. The Morgan fingerprint density at radius 2 is 2.19 bits per heavy atom. The van der Waals surface area contributed by atoms with E-state index in [-0.39, 0.29) is 18.7 Å². The zero-order chi connectivity index (χ0) is 15.2. The van der Waals surface area contributed by atoms with Crippen molar-refractivity contribution in [2.45, 2.75) is 6.54 Å². The first kappa shape index (κ1) is 15.2. The Bertz CT molecular complexity index is 716. The van der Waals surface area contributed by atoms with Gasteiger partial charge in [-0.3, -0.25) is 4.79 Å². The van der Waals surface area contributed by atoms with E-state index in [0.29, 0.717) is 0 Å². The number of carbonyl (C=O) groups is 1. The molecule has 0 aliphatic heterocycles. The first-order valence-electron chi connectivity index (χ1n) is 6.10. The smallest absolute Gasteiger partial charge is 0.254 e. The zero-order valence-electron chi connectivity index (χ0n) is 11.0. The van der Waals surface area contributed by atoms with Crippen LogP contribution >= 0.6 is 11.3 Å². The van der Waals surface area contributed by atoms with Crippen LogP contribution in [0.3, 0.4) is 0 Å². The lowest BCUT2D eigenvalue weighted by molar-refractivity contribution is 0.0946. The van der Waals surface area contributed by atoms with Gasteiger partial charge in [0.05, 0.1) is 18.7 Å². The monoisotopic (exact) mass is 306 g/mol. The van der Waals surface area contributed by atoms with Gasteiger partial charge in [-0.1, -0.05) is 17.9 Å². The molecule has 2 aromatic rings. The first-order valence-corrected chi connectivity index (χ1v) is 6.98. The summed E-state index contributed by atoms with van der Waals surface area (Å²) in [5, 5.41) is 4.38. The van der Waals surface area contributed by atoms with Crippen molar-refractivity contribution < 1.29 is 13.6 Å². The number of nitrogens with one attached hydrogen (secondary N) is 1. The highest BCUT2D eigenvalue weighted by Gasteiger charge is 2.14. The van der Waals surface area contributed by atoms with Crippen molar-refractivity contribution in [3.05, 3.63) is 57.3 Å². The maximum Gasteiger partial charge on any atom is 0.254 e. The van der Waals surface area contributed by atoms with Crippen molar-refractivity contribution >= 4 is 17.2 Å². The predicted octanol–water partition coefficient (Wildman–Crippen LogP) is 2.27. The molecule has 6 heteroatoms. The molecule has 0 saturated carbocycles. The van der Waals surface area contributed by atoms with Crippen LogP contribution in [0.2, 0.25) is 0 Å². The van der Waals surface area contributed by atoms with E-state index in [0.717, 1.165) is 16.5 Å². The Labute approximate surface area is 124 Å². The topological polar surface area (TPSA) is 55.1 Å². The van der Waals surface area contributed by atoms with E-state index < -0.39 is 17.5 Å². The molecular formula is C15H12F2N2OS. The van der Waals surface area contributed by atoms with Crippen LogP contribution in [0, 0.1) is 23.5 Å². The van der Waals surface area contributed by atoms with Crippen LogP contribution in [-0.4, -0.2) is 12.5 Å². The molecule has 108 valence electrons. The summed E-state index contributed by atoms with van der Waals surface area (Å²) < 4.78 is 26.5. The SMILES string of the molecule is NCC#Cc1csc(CNC(=O)c2cccc(F)c2F)c1. The lowest BCUT2D eigenvalue weighted by Gasteiger charge is -2.05. The van der Waals surface area contributed by atoms with E-state index in [9.17, 15) is 13.6 Å². The van der Waals surface area contributed by atoms with Gasteiger partial charge in [0.2, 0.25) is 0 Å². The molecule has 3 N–H and O–H groups in total. The maximum atomic E-state index is 13.5. The van der Waals surface area contributed by atoms with Crippen molar-refractivity contribution in [1.82, 2.24) is 5.32 Å². The molecule has 21 heavy (non-hydrogen) atoms. The first-order chi connectivity index (χ1) is 10.1. The van der Waals surface area contributed by atoms with Crippen LogP contribution < -0.4 is 11.1 Å². The van der Waals surface area contributed by atoms with Crippen LogP contribution in [0.1, 0.15) is 20.8 Å². The fourth-order valence-electron chi connectivity index (χ4n) is 1.63. The third kappa shape index (κ3) is 3.88. The molecule has 0 bridgehead atoms. The lowest BCUT2D eigenvalue weighted by Crippen LogP contribution is -2.23. The van der Waals surface area contributed by atoms with Gasteiger partial charge >= 0.3 is 0 Å². The maximum absolute atomic E-state index is 13.5. The second-order valence-electron chi connectivity index (χ2n) is 4.09. The van der Waals surface area contributed by atoms with Gasteiger partial charge in [0.15, 0.2) is 11.6 Å². The van der Waals surface area contributed by atoms with Crippen molar-refractivity contribution in [1.29, 1.82) is 0 Å². The Morgan fingerprint density at radius 3 is 2.95 bits per heavy atom. The van der Waals surface area contributed by atoms with Crippen LogP contribution in [0.15, 0.2) is 29.6 Å². The summed E-state index contributed by atoms with van der Waals surface area (Å²) in [5.41, 5.74) is 5.78. The Morgan fingerprint density at radius 1 is 1.38 bits per heavy atom. The molecule has 0 atom stereocenters. The van der Waals surface area contributed by atoms with Gasteiger partial charge in [-0.25, -0.2) is 8.78 Å². The van der Waals surface area contributed by atoms with Gasteiger partial charge in [-0.15, -0.1) is 11.3 Å². The van der Waals surface area contributed by atoms with Gasteiger partial charge in [-0.05, 0) is 18.2 Å². The van der Waals surface area contributed by atoms with Crippen molar-refractivity contribution in [3.63, 3.8) is 0 Å². The highest BCUT2D eigenvalue weighted by molar-refractivity contribution is 7.10. The molecule has 3 nitrogen and oxygen atoms in total. The molecule has 0 radical (unpaired) electrons. The minimum Gasteiger partial charge on any atom is -0.347 e. The van der Waals surface area contributed by atoms with Gasteiger partial charge < -0.3 is 11.1 Å². The third-order valence-corrected chi connectivity index (χ3v) is 3.54. The van der Waals surface area contributed by atoms with E-state index in [2.05, 4.69) is 17.2 Å². The molecule has 0 saturated heterocycles. The zero-order valence-corrected chi connectivity index (χ0v) is 11.8. The quantitative estimate of drug-likeness (QED) is 0.855. The fourth-order valence-corrected chi connectivity index (χ4v) is 2.39. The average molecular weight is 306 g/mol. The minimum absolute atomic E-state index is 0.226. The molecule has 1 heterocycles. The molecule has 2 rings (SSSR count). The molecule has 0 unspecified atom stereocenters. The molecule has 0 fully saturated rings. The van der Waals surface area contributed by atoms with Crippen molar-refractivity contribution in [3.8, 4) is 11.8 Å². The van der Waals surface area contributed by atoms with Crippen LogP contribution in [-0.2, 0) is 6.54 Å². The summed E-state index contributed by atoms with van der Waals surface area (Å²) in [4.78, 5) is 12.7. The lowest BCUT2D eigenvalue weighted by atomic mass is 10.2. The third-order valence-electron chi connectivity index (χ3n) is 2.61. The standard InChI is InChI=1S/C15H12F2N2OS/c16-13-5-1-4-12(14(13)17)15(20)19-8-11-7-10(9-21-11)3-2-6-18/h1,4-5,7,9H,6,8,18H2,(H,19,20). The summed E-state index contributed by atoms with van der Waals surface area (Å²) in [7, 11) is 0. The number of halogens is 2. The number of hydrogen-bond donors (Lipinski definition) is 2. The highest BCUT2D eigenvalue weighted by Crippen LogP contribution is 2.15. The summed E-state index contributed by atoms with van der Waals surface area (Å²) in [6.07, 6.45) is 0. The minimum atomic E-state index is -1.14. The van der Waals surface area contributed by atoms with E-state index in [1.807, 2.05) is 11.4 Å². The molecule has 0 spiro atoms. The summed E-state index contributed by atoms with van der Waals surface area (Å²) in [5.74, 6) is 2.76. The number of hydrogen-bond acceptors (Lipinski definition) is 3. The van der Waals surface area contributed by atoms with Crippen LogP contribution in [0.25, 0.3) is 0 Å². The second-order valence-corrected chi connectivity index (χ2v) is 5.09. The molecule has 1 aromatic carbocycles. The normalized spacial score (nSPS) is 9.86. The highest BCUT2D eigenvalue weighted by atomic mass is 32.1. The van der Waals surface area contributed by atoms with Gasteiger partial charge in [-0.2, -0.15) is 0 Å². The number of benzene rings is 1. The Hall–Kier alpha value is -2.23. The van der Waals surface area contributed by atoms with Crippen molar-refractivity contribution in [2.24, 2.45) is 5.73 Å². The summed E-state index contributed by atoms with van der Waals surface area (Å²) >= 11 is 1.42. The van der Waals surface area contributed by atoms with Gasteiger partial charge in [0, 0.05) is 15.8 Å². The largest absolute Gasteiger partial charge is 0.347 e. The van der Waals surface area contributed by atoms with E-state index in [1.54, 1.807) is 0 Å². The molecule has 1 aromatic heterocycles. The average Bonchev–Trinajstić information content (AvgIpc) is 2.93. The van der Waals surface area contributed by atoms with E-state index in [1.165, 1.54) is 23.5 Å². The Kier molecular flexibility index (Phi) is 5.04. The van der Waals surface area contributed by atoms with E-state index in [4.69, 9.17) is 5.73 Å². The molecule has 1 amide bonds. The Balaban J connectivity index is 2.01. The molecular weight excluding hydrogens is 294 g/mol. The van der Waals surface area contributed by atoms with Crippen molar-refractivity contribution in [2.75, 3.05) is 6.54 Å². The summed E-state index contributed by atoms with van der Waals surface area (Å²) in [6.45, 7) is 0.504. The predicted molar refractivity (Wildman–Crippen MR) is 77.8 cm³/mol. The number of amides is 1. The van der Waals surface area contributed by atoms with Gasteiger partial charge in [0.25, 0.3) is 5.91 Å². The fraction of sp³-hybridized carbons (Fsp3) is 0.133. The number of nitrogens with two attached hydrogens (primary N) is 1. The molecule has 0 aliphatic rings. The second kappa shape index (κ2) is 6.97. The number of thiophene rings is 1. The van der Waals surface area contributed by atoms with Crippen LogP contribution in [0.5, 0.6) is 0 Å². The summed E-state index contributed by atoms with van der Waals surface area (Å²) in [6, 6.07) is 5.31. The van der Waals surface area contributed by atoms with Gasteiger partial charge in [0.1, 0.15) is 0 Å². The number of rotatable bonds is 3.